The van der Waals surface area contributed by atoms with Gasteiger partial charge in [-0.15, -0.1) is 0 Å². The van der Waals surface area contributed by atoms with Crippen molar-refractivity contribution in [3.05, 3.63) is 64.1 Å². The zero-order valence-corrected chi connectivity index (χ0v) is 19.2. The number of hydrogen-bond donors (Lipinski definition) is 3. The van der Waals surface area contributed by atoms with Crippen LogP contribution in [0.2, 0.25) is 0 Å². The largest absolute Gasteiger partial charge is 0.465 e. The van der Waals surface area contributed by atoms with Gasteiger partial charge in [0.25, 0.3) is 11.8 Å². The van der Waals surface area contributed by atoms with Crippen molar-refractivity contribution >= 4 is 33.8 Å². The van der Waals surface area contributed by atoms with Gasteiger partial charge in [-0.1, -0.05) is 30.3 Å². The second-order valence-electron chi connectivity index (χ2n) is 8.12. The summed E-state index contributed by atoms with van der Waals surface area (Å²) in [6.07, 6.45) is -0.378. The SMILES string of the molecule is CC(C)(C)N(C(=O)O)[C@](C)(Cc1ccccc1)C(=O)NNC(=O)c1cc(Br)ncc1F. The molecule has 2 aromatic rings. The molecule has 0 aliphatic rings. The van der Waals surface area contributed by atoms with Crippen molar-refractivity contribution in [2.45, 2.75) is 45.2 Å². The molecule has 0 saturated carbocycles. The number of benzene rings is 1. The molecule has 0 unspecified atom stereocenters. The Morgan fingerprint density at radius 1 is 1.13 bits per heavy atom. The molecule has 3 N–H and O–H groups in total. The van der Waals surface area contributed by atoms with Crippen LogP contribution in [-0.2, 0) is 11.2 Å². The van der Waals surface area contributed by atoms with E-state index in [1.807, 2.05) is 0 Å². The van der Waals surface area contributed by atoms with E-state index in [1.54, 1.807) is 51.1 Å². The van der Waals surface area contributed by atoms with Gasteiger partial charge in [0.2, 0.25) is 0 Å². The highest BCUT2D eigenvalue weighted by Gasteiger charge is 2.47. The molecule has 8 nitrogen and oxygen atoms in total. The van der Waals surface area contributed by atoms with Gasteiger partial charge in [0.05, 0.1) is 11.8 Å². The number of rotatable bonds is 5. The Balaban J connectivity index is 2.34. The van der Waals surface area contributed by atoms with Gasteiger partial charge < -0.3 is 5.11 Å². The maximum Gasteiger partial charge on any atom is 0.408 e. The van der Waals surface area contributed by atoms with Gasteiger partial charge in [-0.2, -0.15) is 0 Å². The van der Waals surface area contributed by atoms with E-state index >= 15 is 0 Å². The topological polar surface area (TPSA) is 112 Å². The summed E-state index contributed by atoms with van der Waals surface area (Å²) in [5.74, 6) is -2.55. The van der Waals surface area contributed by atoms with Gasteiger partial charge in [0.15, 0.2) is 5.82 Å². The van der Waals surface area contributed by atoms with E-state index in [4.69, 9.17) is 0 Å². The highest BCUT2D eigenvalue weighted by molar-refractivity contribution is 9.10. The number of carbonyl (C=O) groups is 3. The Kier molecular flexibility index (Phi) is 7.37. The summed E-state index contributed by atoms with van der Waals surface area (Å²) >= 11 is 3.05. The molecule has 1 aromatic heterocycles. The number of aromatic nitrogens is 1. The Bertz CT molecular complexity index is 981. The van der Waals surface area contributed by atoms with Gasteiger partial charge >= 0.3 is 6.09 Å². The van der Waals surface area contributed by atoms with Crippen LogP contribution in [0.25, 0.3) is 0 Å². The van der Waals surface area contributed by atoms with Crippen LogP contribution in [0.15, 0.2) is 47.2 Å². The second kappa shape index (κ2) is 9.42. The molecule has 3 amide bonds. The predicted octanol–water partition coefficient (Wildman–Crippen LogP) is 3.52. The molecule has 10 heteroatoms. The first-order chi connectivity index (χ1) is 14.4. The number of amides is 3. The highest BCUT2D eigenvalue weighted by atomic mass is 79.9. The summed E-state index contributed by atoms with van der Waals surface area (Å²) < 4.78 is 14.2. The van der Waals surface area contributed by atoms with Crippen LogP contribution >= 0.6 is 15.9 Å². The molecule has 0 bridgehead atoms. The van der Waals surface area contributed by atoms with Crippen LogP contribution in [0, 0.1) is 5.82 Å². The number of pyridine rings is 1. The van der Waals surface area contributed by atoms with E-state index in [0.29, 0.717) is 0 Å². The van der Waals surface area contributed by atoms with E-state index in [9.17, 15) is 23.9 Å². The lowest BCUT2D eigenvalue weighted by atomic mass is 9.86. The van der Waals surface area contributed by atoms with E-state index in [1.165, 1.54) is 13.0 Å². The summed E-state index contributed by atoms with van der Waals surface area (Å²) in [5.41, 5.74) is 2.28. The predicted molar refractivity (Wildman–Crippen MR) is 116 cm³/mol. The van der Waals surface area contributed by atoms with Crippen molar-refractivity contribution in [2.75, 3.05) is 0 Å². The lowest BCUT2D eigenvalue weighted by Crippen LogP contribution is -2.67. The van der Waals surface area contributed by atoms with Gasteiger partial charge in [-0.3, -0.25) is 25.3 Å². The third kappa shape index (κ3) is 5.78. The quantitative estimate of drug-likeness (QED) is 0.434. The lowest BCUT2D eigenvalue weighted by molar-refractivity contribution is -0.135. The number of carbonyl (C=O) groups excluding carboxylic acids is 2. The van der Waals surface area contributed by atoms with Crippen LogP contribution in [0.3, 0.4) is 0 Å². The summed E-state index contributed by atoms with van der Waals surface area (Å²) in [4.78, 5) is 42.4. The fourth-order valence-electron chi connectivity index (χ4n) is 3.40. The molecule has 0 fully saturated rings. The zero-order valence-electron chi connectivity index (χ0n) is 17.6. The summed E-state index contributed by atoms with van der Waals surface area (Å²) in [6, 6.07) is 10.1. The fourth-order valence-corrected chi connectivity index (χ4v) is 3.73. The molecule has 1 aromatic carbocycles. The fraction of sp³-hybridized carbons (Fsp3) is 0.333. The Morgan fingerprint density at radius 3 is 2.29 bits per heavy atom. The number of halogens is 2. The molecule has 0 radical (unpaired) electrons. The zero-order chi connectivity index (χ0) is 23.4. The molecule has 0 spiro atoms. The Labute approximate surface area is 187 Å². The summed E-state index contributed by atoms with van der Waals surface area (Å²) in [7, 11) is 0. The van der Waals surface area contributed by atoms with Gasteiger partial charge in [0, 0.05) is 12.0 Å². The smallest absolute Gasteiger partial charge is 0.408 e. The number of hydrazine groups is 1. The Morgan fingerprint density at radius 2 is 1.74 bits per heavy atom. The van der Waals surface area contributed by atoms with Crippen molar-refractivity contribution < 1.29 is 23.9 Å². The maximum atomic E-state index is 13.9. The minimum atomic E-state index is -1.59. The second-order valence-corrected chi connectivity index (χ2v) is 8.93. The van der Waals surface area contributed by atoms with Crippen molar-refractivity contribution in [2.24, 2.45) is 0 Å². The Hall–Kier alpha value is -3.01. The molecule has 0 aliphatic heterocycles. The van der Waals surface area contributed by atoms with E-state index in [0.717, 1.165) is 16.7 Å². The van der Waals surface area contributed by atoms with Crippen molar-refractivity contribution in [1.29, 1.82) is 0 Å². The van der Waals surface area contributed by atoms with E-state index in [-0.39, 0.29) is 16.6 Å². The molecule has 31 heavy (non-hydrogen) atoms. The van der Waals surface area contributed by atoms with Gasteiger partial charge in [-0.25, -0.2) is 14.2 Å². The monoisotopic (exact) mass is 494 g/mol. The molecule has 0 aliphatic carbocycles. The molecular weight excluding hydrogens is 471 g/mol. The van der Waals surface area contributed by atoms with E-state index < -0.39 is 34.8 Å². The standard InChI is InChI=1S/C21H24BrFN4O4/c1-20(2,3)27(19(30)31)21(4,11-13-8-6-5-7-9-13)18(29)26-25-17(28)14-10-16(22)24-12-15(14)23/h5-10,12H,11H2,1-4H3,(H,25,28)(H,26,29)(H,30,31)/t21-/m1/s1. The lowest BCUT2D eigenvalue weighted by Gasteiger charge is -2.45. The van der Waals surface area contributed by atoms with Crippen LogP contribution in [0.4, 0.5) is 9.18 Å². The molecule has 1 heterocycles. The number of nitrogens with one attached hydrogen (secondary N) is 2. The maximum absolute atomic E-state index is 13.9. The third-order valence-corrected chi connectivity index (χ3v) is 5.03. The molecule has 166 valence electrons. The summed E-state index contributed by atoms with van der Waals surface area (Å²) in [5, 5.41) is 9.89. The van der Waals surface area contributed by atoms with E-state index in [2.05, 4.69) is 31.8 Å². The molecule has 0 saturated heterocycles. The van der Waals surface area contributed by atoms with Gasteiger partial charge in [0.1, 0.15) is 10.1 Å². The third-order valence-electron chi connectivity index (χ3n) is 4.59. The minimum absolute atomic E-state index is 0.0499. The average Bonchev–Trinajstić information content (AvgIpc) is 2.66. The molecular formula is C21H24BrFN4O4. The number of hydrogen-bond acceptors (Lipinski definition) is 4. The molecule has 1 atom stereocenters. The first-order valence-corrected chi connectivity index (χ1v) is 10.1. The highest BCUT2D eigenvalue weighted by Crippen LogP contribution is 2.29. The van der Waals surface area contributed by atoms with Crippen LogP contribution < -0.4 is 10.9 Å². The van der Waals surface area contributed by atoms with Crippen LogP contribution in [-0.4, -0.2) is 44.0 Å². The average molecular weight is 495 g/mol. The number of nitrogens with zero attached hydrogens (tertiary/aromatic N) is 2. The van der Waals surface area contributed by atoms with Crippen LogP contribution in [0.5, 0.6) is 0 Å². The molecule has 2 rings (SSSR count). The van der Waals surface area contributed by atoms with Crippen LogP contribution in [0.1, 0.15) is 43.6 Å². The van der Waals surface area contributed by atoms with Crippen molar-refractivity contribution in [3.8, 4) is 0 Å². The normalized spacial score (nSPS) is 13.1. The van der Waals surface area contributed by atoms with Crippen molar-refractivity contribution in [3.63, 3.8) is 0 Å². The summed E-state index contributed by atoms with van der Waals surface area (Å²) in [6.45, 7) is 6.48. The number of carboxylic acid groups (broad SMARTS) is 1. The first kappa shape index (κ1) is 24.3. The van der Waals surface area contributed by atoms with Gasteiger partial charge in [-0.05, 0) is 55.3 Å². The minimum Gasteiger partial charge on any atom is -0.465 e. The first-order valence-electron chi connectivity index (χ1n) is 9.35. The van der Waals surface area contributed by atoms with Crippen molar-refractivity contribution in [1.82, 2.24) is 20.7 Å².